The van der Waals surface area contributed by atoms with E-state index in [2.05, 4.69) is 61.9 Å². The number of nitrogens with zero attached hydrogens (tertiary/aromatic N) is 2. The van der Waals surface area contributed by atoms with Crippen molar-refractivity contribution in [3.05, 3.63) is 48.2 Å². The molecule has 0 spiro atoms. The molecule has 21 heavy (non-hydrogen) atoms. The van der Waals surface area contributed by atoms with Crippen LogP contribution in [0.15, 0.2) is 22.7 Å². The van der Waals surface area contributed by atoms with Gasteiger partial charge in [-0.2, -0.15) is 5.10 Å². The summed E-state index contributed by atoms with van der Waals surface area (Å²) in [6, 6.07) is 6.26. The van der Waals surface area contributed by atoms with Crippen molar-refractivity contribution in [1.82, 2.24) is 15.1 Å². The number of halogens is 3. The summed E-state index contributed by atoms with van der Waals surface area (Å²) < 4.78 is 4.25. The molecule has 0 fully saturated rings. The number of hydrogen-bond donors (Lipinski definition) is 1. The van der Waals surface area contributed by atoms with Gasteiger partial charge in [0.25, 0.3) is 0 Å². The Morgan fingerprint density at radius 3 is 2.76 bits per heavy atom. The summed E-state index contributed by atoms with van der Waals surface area (Å²) in [5.74, 6) is 0. The molecule has 0 amide bonds. The lowest BCUT2D eigenvalue weighted by molar-refractivity contribution is 0.526. The average Bonchev–Trinajstić information content (AvgIpc) is 2.67. The summed E-state index contributed by atoms with van der Waals surface area (Å²) in [5, 5.41) is 8.80. The lowest BCUT2D eigenvalue weighted by Gasteiger charge is -2.20. The predicted octanol–water partition coefficient (Wildman–Crippen LogP) is 4.64. The van der Waals surface area contributed by atoms with Gasteiger partial charge in [-0.3, -0.25) is 4.68 Å². The summed E-state index contributed by atoms with van der Waals surface area (Å²) in [4.78, 5) is 0. The van der Waals surface area contributed by atoms with E-state index in [1.54, 1.807) is 0 Å². The molecule has 1 unspecified atom stereocenters. The average molecular weight is 483 g/mol. The second-order valence-corrected chi connectivity index (χ2v) is 7.34. The molecule has 114 valence electrons. The summed E-state index contributed by atoms with van der Waals surface area (Å²) >= 11 is 12.2. The van der Waals surface area contributed by atoms with Crippen molar-refractivity contribution < 1.29 is 0 Å². The maximum atomic E-state index is 6.17. The van der Waals surface area contributed by atoms with Gasteiger partial charge in [0.15, 0.2) is 0 Å². The largest absolute Gasteiger partial charge is 0.310 e. The normalized spacial score (nSPS) is 12.7. The van der Waals surface area contributed by atoms with E-state index in [4.69, 9.17) is 11.6 Å². The quantitative estimate of drug-likeness (QED) is 0.630. The number of benzene rings is 1. The fourth-order valence-electron chi connectivity index (χ4n) is 2.42. The maximum absolute atomic E-state index is 6.17. The van der Waals surface area contributed by atoms with Gasteiger partial charge in [0.1, 0.15) is 0 Å². The molecule has 0 aliphatic heterocycles. The predicted molar refractivity (Wildman–Crippen MR) is 99.9 cm³/mol. The first-order valence-corrected chi connectivity index (χ1v) is 9.05. The Kier molecular flexibility index (Phi) is 6.11. The van der Waals surface area contributed by atoms with Gasteiger partial charge in [0, 0.05) is 28.1 Å². The van der Waals surface area contributed by atoms with Crippen molar-refractivity contribution in [2.75, 3.05) is 6.54 Å². The van der Waals surface area contributed by atoms with Crippen LogP contribution in [-0.2, 0) is 13.5 Å². The molecule has 2 rings (SSSR count). The molecule has 1 N–H and O–H groups in total. The smallest absolute Gasteiger partial charge is 0.0738 e. The van der Waals surface area contributed by atoms with Gasteiger partial charge in [0.05, 0.1) is 15.9 Å². The molecule has 2 aromatic rings. The van der Waals surface area contributed by atoms with Gasteiger partial charge < -0.3 is 5.32 Å². The first kappa shape index (κ1) is 17.2. The highest BCUT2D eigenvalue weighted by Crippen LogP contribution is 2.29. The molecule has 1 aromatic heterocycles. The molecule has 1 heterocycles. The summed E-state index contributed by atoms with van der Waals surface area (Å²) in [5.41, 5.74) is 3.44. The van der Waals surface area contributed by atoms with Gasteiger partial charge in [-0.25, -0.2) is 0 Å². The third-order valence-corrected chi connectivity index (χ3v) is 5.69. The topological polar surface area (TPSA) is 29.9 Å². The lowest BCUT2D eigenvalue weighted by Crippen LogP contribution is -2.24. The number of hydrogen-bond acceptors (Lipinski definition) is 2. The molecule has 6 heteroatoms. The Morgan fingerprint density at radius 2 is 2.19 bits per heavy atom. The van der Waals surface area contributed by atoms with E-state index in [-0.39, 0.29) is 6.04 Å². The number of nitrogens with one attached hydrogen (secondary N) is 1. The summed E-state index contributed by atoms with van der Waals surface area (Å²) in [6.45, 7) is 5.04. The van der Waals surface area contributed by atoms with Gasteiger partial charge in [-0.15, -0.1) is 0 Å². The summed E-state index contributed by atoms with van der Waals surface area (Å²) in [6.07, 6.45) is 0.863. The monoisotopic (exact) mass is 481 g/mol. The van der Waals surface area contributed by atoms with E-state index >= 15 is 0 Å². The van der Waals surface area contributed by atoms with Crippen LogP contribution in [0.4, 0.5) is 0 Å². The number of rotatable bonds is 5. The minimum absolute atomic E-state index is 0.215. The standard InChI is InChI=1S/C15H18BrClIN3/c1-4-19-13(11-7-10(17)5-6-12(11)18)8-14-15(16)9(2)20-21(14)3/h5-7,13,19H,4,8H2,1-3H3. The second-order valence-electron chi connectivity index (χ2n) is 4.95. The molecular weight excluding hydrogens is 464 g/mol. The van der Waals surface area contributed by atoms with Crippen LogP contribution in [0.25, 0.3) is 0 Å². The van der Waals surface area contributed by atoms with Crippen molar-refractivity contribution in [3.8, 4) is 0 Å². The first-order chi connectivity index (χ1) is 9.93. The number of aryl methyl sites for hydroxylation is 2. The number of aromatic nitrogens is 2. The van der Waals surface area contributed by atoms with Crippen LogP contribution in [0.2, 0.25) is 5.02 Å². The van der Waals surface area contributed by atoms with Crippen molar-refractivity contribution in [2.24, 2.45) is 7.05 Å². The van der Waals surface area contributed by atoms with E-state index in [1.807, 2.05) is 30.8 Å². The van der Waals surface area contributed by atoms with Crippen molar-refractivity contribution >= 4 is 50.1 Å². The highest BCUT2D eigenvalue weighted by atomic mass is 127. The molecule has 0 aliphatic carbocycles. The fraction of sp³-hybridized carbons (Fsp3) is 0.400. The van der Waals surface area contributed by atoms with E-state index in [0.29, 0.717) is 0 Å². The Bertz CT molecular complexity index is 642. The van der Waals surface area contributed by atoms with Crippen molar-refractivity contribution in [2.45, 2.75) is 26.3 Å². The van der Waals surface area contributed by atoms with Gasteiger partial charge >= 0.3 is 0 Å². The van der Waals surface area contributed by atoms with E-state index < -0.39 is 0 Å². The molecule has 0 radical (unpaired) electrons. The molecule has 1 atom stereocenters. The van der Waals surface area contributed by atoms with Gasteiger partial charge in [-0.1, -0.05) is 18.5 Å². The Morgan fingerprint density at radius 1 is 1.48 bits per heavy atom. The minimum Gasteiger partial charge on any atom is -0.310 e. The van der Waals surface area contributed by atoms with E-state index in [9.17, 15) is 0 Å². The Balaban J connectivity index is 2.37. The minimum atomic E-state index is 0.215. The van der Waals surface area contributed by atoms with Crippen LogP contribution in [0.1, 0.15) is 29.9 Å². The third-order valence-electron chi connectivity index (χ3n) is 3.44. The maximum Gasteiger partial charge on any atom is 0.0738 e. The molecular formula is C15H18BrClIN3. The Labute approximate surface area is 152 Å². The lowest BCUT2D eigenvalue weighted by atomic mass is 10.0. The third kappa shape index (κ3) is 4.00. The summed E-state index contributed by atoms with van der Waals surface area (Å²) in [7, 11) is 1.99. The molecule has 0 saturated heterocycles. The molecule has 0 saturated carbocycles. The van der Waals surface area contributed by atoms with Gasteiger partial charge in [-0.05, 0) is 75.8 Å². The fourth-order valence-corrected chi connectivity index (χ4v) is 3.81. The SMILES string of the molecule is CCNC(Cc1c(Br)c(C)nn1C)c1cc(Cl)ccc1I. The zero-order chi connectivity index (χ0) is 15.6. The van der Waals surface area contributed by atoms with Crippen LogP contribution in [-0.4, -0.2) is 16.3 Å². The molecule has 0 aliphatic rings. The first-order valence-electron chi connectivity index (χ1n) is 6.80. The van der Waals surface area contributed by atoms with Crippen molar-refractivity contribution in [1.29, 1.82) is 0 Å². The highest BCUT2D eigenvalue weighted by molar-refractivity contribution is 14.1. The Hall–Kier alpha value is -0.110. The van der Waals surface area contributed by atoms with Crippen molar-refractivity contribution in [3.63, 3.8) is 0 Å². The van der Waals surface area contributed by atoms with Crippen LogP contribution in [0.3, 0.4) is 0 Å². The molecule has 1 aromatic carbocycles. The molecule has 3 nitrogen and oxygen atoms in total. The van der Waals surface area contributed by atoms with Crippen LogP contribution >= 0.6 is 50.1 Å². The van der Waals surface area contributed by atoms with Crippen LogP contribution < -0.4 is 5.32 Å². The van der Waals surface area contributed by atoms with Crippen LogP contribution in [0.5, 0.6) is 0 Å². The van der Waals surface area contributed by atoms with Crippen LogP contribution in [0, 0.1) is 10.5 Å². The van der Waals surface area contributed by atoms with E-state index in [0.717, 1.165) is 28.2 Å². The zero-order valence-electron chi connectivity index (χ0n) is 12.3. The zero-order valence-corrected chi connectivity index (χ0v) is 16.8. The highest BCUT2D eigenvalue weighted by Gasteiger charge is 2.19. The number of likely N-dealkylation sites (N-methyl/N-ethyl adjacent to an activating group) is 1. The second kappa shape index (κ2) is 7.44. The van der Waals surface area contributed by atoms with E-state index in [1.165, 1.54) is 14.8 Å². The van der Waals surface area contributed by atoms with Gasteiger partial charge in [0.2, 0.25) is 0 Å². The molecule has 0 bridgehead atoms.